The van der Waals surface area contributed by atoms with E-state index in [2.05, 4.69) is 115 Å². The van der Waals surface area contributed by atoms with Crippen LogP contribution in [0.4, 0.5) is 11.4 Å². The van der Waals surface area contributed by atoms with Crippen LogP contribution in [0.5, 0.6) is 0 Å². The van der Waals surface area contributed by atoms with E-state index < -0.39 is 0 Å². The fourth-order valence-corrected chi connectivity index (χ4v) is 6.82. The first-order chi connectivity index (χ1) is 21.6. The van der Waals surface area contributed by atoms with Crippen LogP contribution in [0.25, 0.3) is 72.1 Å². The highest BCUT2D eigenvalue weighted by atomic mass is 15.0. The van der Waals surface area contributed by atoms with Gasteiger partial charge in [0.05, 0.1) is 27.6 Å². The van der Waals surface area contributed by atoms with E-state index in [0.717, 1.165) is 66.9 Å². The summed E-state index contributed by atoms with van der Waals surface area (Å²) in [5.74, 6) is 0.497. The number of imidazole rings is 1. The summed E-state index contributed by atoms with van der Waals surface area (Å²) >= 11 is 0. The van der Waals surface area contributed by atoms with Crippen molar-refractivity contribution < 1.29 is 0 Å². The zero-order chi connectivity index (χ0) is 29.9. The van der Waals surface area contributed by atoms with Crippen molar-refractivity contribution in [1.29, 1.82) is 0 Å². The number of benzene rings is 5. The third kappa shape index (κ3) is 3.91. The minimum atomic E-state index is 0.497. The van der Waals surface area contributed by atoms with Crippen LogP contribution in [0.1, 0.15) is 19.8 Å². The summed E-state index contributed by atoms with van der Waals surface area (Å²) in [6.07, 6.45) is 9.91. The molecule has 0 bridgehead atoms. The van der Waals surface area contributed by atoms with Crippen molar-refractivity contribution in [2.75, 3.05) is 5.73 Å². The monoisotopic (exact) mass is 568 g/mol. The quantitative estimate of drug-likeness (QED) is 0.0978. The lowest BCUT2D eigenvalue weighted by molar-refractivity contribution is 0.793. The summed E-state index contributed by atoms with van der Waals surface area (Å²) in [4.78, 5) is 10.1. The maximum atomic E-state index is 6.83. The molecule has 0 aliphatic heterocycles. The molecule has 2 heterocycles. The number of fused-ring (bicyclic) bond motifs is 11. The Morgan fingerprint density at radius 2 is 1.55 bits per heavy atom. The Balaban J connectivity index is 1.38. The van der Waals surface area contributed by atoms with E-state index in [-0.39, 0.29) is 0 Å². The molecule has 4 heteroatoms. The molecule has 1 unspecified atom stereocenters. The van der Waals surface area contributed by atoms with Crippen molar-refractivity contribution in [3.8, 4) is 11.1 Å². The van der Waals surface area contributed by atoms with E-state index in [4.69, 9.17) is 15.7 Å². The Hall–Kier alpha value is -5.48. The molecule has 0 saturated heterocycles. The highest BCUT2D eigenvalue weighted by Crippen LogP contribution is 2.42. The number of para-hydroxylation sites is 1. The van der Waals surface area contributed by atoms with Crippen LogP contribution in [0.15, 0.2) is 115 Å². The van der Waals surface area contributed by atoms with Crippen LogP contribution in [0, 0.1) is 5.92 Å². The van der Waals surface area contributed by atoms with E-state index in [1.807, 2.05) is 12.1 Å². The SMILES string of the molecule is C=CCC(C=C)=Nc1c(N)c2ccc(-c3ccc4c(c3)c3ccccc3n3c5c(nc43)=CCC(C)C=5)cc2c2ccccc12. The smallest absolute Gasteiger partial charge is 0.146 e. The summed E-state index contributed by atoms with van der Waals surface area (Å²) in [6.45, 7) is 10.1. The van der Waals surface area contributed by atoms with Crippen LogP contribution in [-0.2, 0) is 0 Å². The molecule has 1 aliphatic rings. The Morgan fingerprint density at radius 1 is 0.864 bits per heavy atom. The highest BCUT2D eigenvalue weighted by molar-refractivity contribution is 6.21. The van der Waals surface area contributed by atoms with Crippen LogP contribution in [0.3, 0.4) is 0 Å². The second-order valence-corrected chi connectivity index (χ2v) is 11.8. The Morgan fingerprint density at radius 3 is 2.30 bits per heavy atom. The predicted molar refractivity (Wildman–Crippen MR) is 189 cm³/mol. The third-order valence-electron chi connectivity index (χ3n) is 8.98. The van der Waals surface area contributed by atoms with Crippen molar-refractivity contribution in [3.63, 3.8) is 0 Å². The van der Waals surface area contributed by atoms with Crippen LogP contribution in [0.2, 0.25) is 0 Å². The fourth-order valence-electron chi connectivity index (χ4n) is 6.82. The van der Waals surface area contributed by atoms with Gasteiger partial charge in [-0.1, -0.05) is 92.4 Å². The summed E-state index contributed by atoms with van der Waals surface area (Å²) in [7, 11) is 0. The van der Waals surface area contributed by atoms with E-state index in [1.165, 1.54) is 21.6 Å². The molecule has 0 saturated carbocycles. The zero-order valence-electron chi connectivity index (χ0n) is 24.7. The lowest BCUT2D eigenvalue weighted by Gasteiger charge is -2.15. The topological polar surface area (TPSA) is 55.7 Å². The minimum absolute atomic E-state index is 0.497. The van der Waals surface area contributed by atoms with Gasteiger partial charge in [-0.3, -0.25) is 9.39 Å². The van der Waals surface area contributed by atoms with Gasteiger partial charge in [-0.15, -0.1) is 6.58 Å². The van der Waals surface area contributed by atoms with E-state index >= 15 is 0 Å². The Kier molecular flexibility index (Phi) is 5.98. The van der Waals surface area contributed by atoms with Gasteiger partial charge in [0.15, 0.2) is 0 Å². The molecule has 44 heavy (non-hydrogen) atoms. The maximum Gasteiger partial charge on any atom is 0.146 e. The van der Waals surface area contributed by atoms with E-state index in [9.17, 15) is 0 Å². The number of allylic oxidation sites excluding steroid dienone is 2. The first kappa shape index (κ1) is 26.2. The molecule has 212 valence electrons. The molecule has 5 aromatic carbocycles. The van der Waals surface area contributed by atoms with Gasteiger partial charge in [0.25, 0.3) is 0 Å². The number of aromatic nitrogens is 2. The second kappa shape index (κ2) is 10.1. The van der Waals surface area contributed by atoms with Crippen molar-refractivity contribution in [2.24, 2.45) is 10.9 Å². The lowest BCUT2D eigenvalue weighted by atomic mass is 9.93. The average molecular weight is 569 g/mol. The molecule has 2 N–H and O–H groups in total. The van der Waals surface area contributed by atoms with Crippen LogP contribution in [-0.4, -0.2) is 15.1 Å². The molecule has 2 aromatic heterocycles. The van der Waals surface area contributed by atoms with E-state index in [1.54, 1.807) is 6.08 Å². The molecule has 8 rings (SSSR count). The van der Waals surface area contributed by atoms with Gasteiger partial charge in [0, 0.05) is 33.7 Å². The van der Waals surface area contributed by atoms with Crippen molar-refractivity contribution in [3.05, 3.63) is 121 Å². The number of nitrogen functional groups attached to an aromatic ring is 1. The number of anilines is 1. The van der Waals surface area contributed by atoms with Crippen LogP contribution < -0.4 is 16.4 Å². The number of aliphatic imine (C=N–C) groups is 1. The second-order valence-electron chi connectivity index (χ2n) is 11.8. The average Bonchev–Trinajstić information content (AvgIpc) is 3.45. The Bertz CT molecular complexity index is 2510. The molecule has 1 aliphatic carbocycles. The van der Waals surface area contributed by atoms with Gasteiger partial charge in [-0.05, 0) is 70.0 Å². The first-order valence-corrected chi connectivity index (χ1v) is 15.2. The Labute approximate surface area is 255 Å². The molecule has 0 radical (unpaired) electrons. The summed E-state index contributed by atoms with van der Waals surface area (Å²) in [6, 6.07) is 30.4. The maximum absolute atomic E-state index is 6.83. The fraction of sp³-hybridized carbons (Fsp3) is 0.100. The molecule has 0 fully saturated rings. The number of pyridine rings is 1. The number of hydrogen-bond acceptors (Lipinski definition) is 3. The minimum Gasteiger partial charge on any atom is -0.396 e. The van der Waals surface area contributed by atoms with Gasteiger partial charge >= 0.3 is 0 Å². The molecular weight excluding hydrogens is 536 g/mol. The molecule has 1 atom stereocenters. The zero-order valence-corrected chi connectivity index (χ0v) is 24.7. The van der Waals surface area contributed by atoms with Crippen LogP contribution >= 0.6 is 0 Å². The molecular formula is C40H32N4. The largest absolute Gasteiger partial charge is 0.396 e. The lowest BCUT2D eigenvalue weighted by Crippen LogP contribution is -2.30. The predicted octanol–water partition coefficient (Wildman–Crippen LogP) is 8.63. The van der Waals surface area contributed by atoms with Gasteiger partial charge in [0.2, 0.25) is 0 Å². The normalized spacial score (nSPS) is 15.0. The first-order valence-electron chi connectivity index (χ1n) is 15.2. The number of rotatable bonds is 5. The van der Waals surface area contributed by atoms with Gasteiger partial charge < -0.3 is 5.73 Å². The number of nitrogens with two attached hydrogens (primary N) is 1. The summed E-state index contributed by atoms with van der Waals surface area (Å²) < 4.78 is 2.34. The van der Waals surface area contributed by atoms with Gasteiger partial charge in [-0.25, -0.2) is 4.98 Å². The van der Waals surface area contributed by atoms with Crippen molar-refractivity contribution >= 4 is 78.1 Å². The van der Waals surface area contributed by atoms with Gasteiger partial charge in [-0.2, -0.15) is 0 Å². The molecule has 0 amide bonds. The van der Waals surface area contributed by atoms with Crippen molar-refractivity contribution in [2.45, 2.75) is 19.8 Å². The van der Waals surface area contributed by atoms with Gasteiger partial charge in [0.1, 0.15) is 5.65 Å². The summed E-state index contributed by atoms with van der Waals surface area (Å²) in [5, 5.41) is 10.1. The number of hydrogen-bond donors (Lipinski definition) is 1. The molecule has 7 aromatic rings. The van der Waals surface area contributed by atoms with E-state index in [0.29, 0.717) is 18.0 Å². The summed E-state index contributed by atoms with van der Waals surface area (Å²) in [5.41, 5.74) is 13.6. The highest BCUT2D eigenvalue weighted by Gasteiger charge is 2.17. The molecule has 0 spiro atoms. The third-order valence-corrected chi connectivity index (χ3v) is 8.98. The number of nitrogens with zero attached hydrogens (tertiary/aromatic N) is 3. The molecule has 4 nitrogen and oxygen atoms in total. The van der Waals surface area contributed by atoms with Crippen molar-refractivity contribution in [1.82, 2.24) is 9.38 Å². The standard InChI is InChI=1S/C40H32N4/c1-4-10-27(5-2)42-39-31-13-7-6-11-28(31)33-22-25(16-18-30(33)38(39)41)26-17-19-32-34(23-26)29-12-8-9-14-36(29)44-37-21-24(3)15-20-35(37)43-40(32)44/h4-9,11-14,16-24H,1-2,10,15,41H2,3H3.